The molecule has 6 nitrogen and oxygen atoms in total. The third-order valence-corrected chi connectivity index (χ3v) is 4.14. The molecule has 1 heterocycles. The first-order valence-electron chi connectivity index (χ1n) is 8.01. The number of carbonyl (C=O) groups is 2. The lowest BCUT2D eigenvalue weighted by atomic mass is 10.1. The van der Waals surface area contributed by atoms with E-state index in [2.05, 4.69) is 12.4 Å². The van der Waals surface area contributed by atoms with E-state index in [-0.39, 0.29) is 5.91 Å². The molecule has 6 heteroatoms. The van der Waals surface area contributed by atoms with Gasteiger partial charge in [-0.05, 0) is 31.4 Å². The lowest BCUT2D eigenvalue weighted by Crippen LogP contribution is -2.52. The highest BCUT2D eigenvalue weighted by molar-refractivity contribution is 5.93. The summed E-state index contributed by atoms with van der Waals surface area (Å²) in [7, 11) is 5.35. The molecule has 2 amide bonds. The molecule has 0 aromatic heterocycles. The Morgan fingerprint density at radius 1 is 1.17 bits per heavy atom. The number of ether oxygens (including phenoxy) is 1. The molecule has 0 unspecified atom stereocenters. The summed E-state index contributed by atoms with van der Waals surface area (Å²) in [6, 6.07) is 6.99. The van der Waals surface area contributed by atoms with Gasteiger partial charge in [-0.2, -0.15) is 0 Å². The minimum absolute atomic E-state index is 0.0530. The molecule has 0 aliphatic carbocycles. The number of nitrogens with one attached hydrogen (secondary N) is 1. The van der Waals surface area contributed by atoms with Crippen LogP contribution in [0.15, 0.2) is 24.3 Å². The molecule has 0 bridgehead atoms. The van der Waals surface area contributed by atoms with Gasteiger partial charge in [-0.3, -0.25) is 4.79 Å². The van der Waals surface area contributed by atoms with Crippen LogP contribution in [0.5, 0.6) is 5.75 Å². The largest absolute Gasteiger partial charge is 0.414 e. The Morgan fingerprint density at radius 2 is 1.83 bits per heavy atom. The maximum atomic E-state index is 12.4. The number of nitrogens with zero attached hydrogens (tertiary/aromatic N) is 2. The van der Waals surface area contributed by atoms with Gasteiger partial charge in [-0.15, -0.1) is 0 Å². The van der Waals surface area contributed by atoms with Gasteiger partial charge in [0, 0.05) is 14.1 Å². The number of amides is 2. The third kappa shape index (κ3) is 4.96. The zero-order valence-electron chi connectivity index (χ0n) is 14.2. The number of anilines is 1. The van der Waals surface area contributed by atoms with E-state index < -0.39 is 6.09 Å². The number of likely N-dealkylation sites (N-methyl/N-ethyl adjacent to an activating group) is 1. The highest BCUT2D eigenvalue weighted by Gasteiger charge is 2.28. The average molecular weight is 320 g/mol. The number of carbonyl (C=O) groups excluding carboxylic acids is 2. The Kier molecular flexibility index (Phi) is 5.60. The molecule has 1 aromatic carbocycles. The van der Waals surface area contributed by atoms with Gasteiger partial charge in [0.1, 0.15) is 0 Å². The van der Waals surface area contributed by atoms with E-state index in [9.17, 15) is 9.59 Å². The van der Waals surface area contributed by atoms with Crippen LogP contribution in [0.3, 0.4) is 0 Å². The van der Waals surface area contributed by atoms with Crippen molar-refractivity contribution in [1.29, 1.82) is 0 Å². The fourth-order valence-electron chi connectivity index (χ4n) is 2.81. The molecular weight excluding hydrogens is 294 g/mol. The zero-order chi connectivity index (χ0) is 16.9. The molecule has 1 aliphatic rings. The second-order valence-corrected chi connectivity index (χ2v) is 6.59. The fourth-order valence-corrected chi connectivity index (χ4v) is 2.81. The summed E-state index contributed by atoms with van der Waals surface area (Å²) in [5.41, 5.74) is 0.524. The Morgan fingerprint density at radius 3 is 2.48 bits per heavy atom. The number of piperidine rings is 1. The zero-order valence-corrected chi connectivity index (χ0v) is 14.2. The quantitative estimate of drug-likeness (QED) is 0.866. The summed E-state index contributed by atoms with van der Waals surface area (Å²) in [5, 5.41) is 2.88. The van der Waals surface area contributed by atoms with E-state index in [1.165, 1.54) is 24.2 Å². The van der Waals surface area contributed by atoms with E-state index in [4.69, 9.17) is 4.74 Å². The molecule has 126 valence electrons. The van der Waals surface area contributed by atoms with Crippen LogP contribution < -0.4 is 10.1 Å². The molecule has 1 N–H and O–H groups in total. The van der Waals surface area contributed by atoms with Crippen LogP contribution in [0.2, 0.25) is 0 Å². The van der Waals surface area contributed by atoms with Gasteiger partial charge in [0.15, 0.2) is 12.3 Å². The molecule has 1 saturated heterocycles. The van der Waals surface area contributed by atoms with Crippen molar-refractivity contribution < 1.29 is 18.8 Å². The number of quaternary nitrogens is 1. The average Bonchev–Trinajstić information content (AvgIpc) is 2.49. The predicted octanol–water partition coefficient (Wildman–Crippen LogP) is 2.32. The van der Waals surface area contributed by atoms with Gasteiger partial charge in [-0.25, -0.2) is 4.79 Å². The Bertz CT molecular complexity index is 566. The van der Waals surface area contributed by atoms with Gasteiger partial charge in [0.2, 0.25) is 0 Å². The fraction of sp³-hybridized carbons (Fsp3) is 0.529. The minimum atomic E-state index is -0.471. The van der Waals surface area contributed by atoms with Crippen LogP contribution in [0.4, 0.5) is 10.5 Å². The van der Waals surface area contributed by atoms with Crippen molar-refractivity contribution in [3.8, 4) is 5.75 Å². The van der Waals surface area contributed by atoms with Crippen molar-refractivity contribution in [3.63, 3.8) is 0 Å². The molecule has 1 aliphatic heterocycles. The Balaban J connectivity index is 2.01. The van der Waals surface area contributed by atoms with Crippen molar-refractivity contribution in [2.75, 3.05) is 46.1 Å². The number of hydrogen-bond donors (Lipinski definition) is 1. The minimum Gasteiger partial charge on any atom is -0.408 e. The van der Waals surface area contributed by atoms with Crippen LogP contribution in [0.25, 0.3) is 0 Å². The Labute approximate surface area is 137 Å². The number of benzene rings is 1. The first-order valence-corrected chi connectivity index (χ1v) is 8.01. The van der Waals surface area contributed by atoms with Crippen LogP contribution >= 0.6 is 0 Å². The van der Waals surface area contributed by atoms with E-state index in [1.807, 2.05) is 0 Å². The van der Waals surface area contributed by atoms with E-state index >= 15 is 0 Å². The molecule has 0 atom stereocenters. The van der Waals surface area contributed by atoms with Crippen molar-refractivity contribution in [2.45, 2.75) is 19.3 Å². The number of rotatable bonds is 4. The van der Waals surface area contributed by atoms with Crippen molar-refractivity contribution >= 4 is 17.7 Å². The molecule has 1 fully saturated rings. The molecule has 1 aromatic rings. The Hall–Kier alpha value is -2.08. The number of likely N-dealkylation sites (tertiary alicyclic amines) is 1. The van der Waals surface area contributed by atoms with Crippen LogP contribution in [0, 0.1) is 0 Å². The first kappa shape index (κ1) is 17.3. The number of para-hydroxylation sites is 2. The van der Waals surface area contributed by atoms with Gasteiger partial charge in [-0.1, -0.05) is 12.1 Å². The van der Waals surface area contributed by atoms with Crippen molar-refractivity contribution in [3.05, 3.63) is 24.3 Å². The monoisotopic (exact) mass is 320 g/mol. The van der Waals surface area contributed by atoms with E-state index in [0.717, 1.165) is 17.6 Å². The van der Waals surface area contributed by atoms with Gasteiger partial charge >= 0.3 is 6.09 Å². The topological polar surface area (TPSA) is 58.6 Å². The van der Waals surface area contributed by atoms with E-state index in [0.29, 0.717) is 18.0 Å². The van der Waals surface area contributed by atoms with Crippen LogP contribution in [0.1, 0.15) is 19.3 Å². The van der Waals surface area contributed by atoms with E-state index in [1.54, 1.807) is 38.4 Å². The first-order chi connectivity index (χ1) is 10.9. The summed E-state index contributed by atoms with van der Waals surface area (Å²) >= 11 is 0. The highest BCUT2D eigenvalue weighted by Crippen LogP contribution is 2.25. The van der Waals surface area contributed by atoms with Crippen LogP contribution in [-0.2, 0) is 4.79 Å². The van der Waals surface area contributed by atoms with Crippen LogP contribution in [-0.4, -0.2) is 62.2 Å². The van der Waals surface area contributed by atoms with Gasteiger partial charge in [0.05, 0.1) is 25.8 Å². The third-order valence-electron chi connectivity index (χ3n) is 4.14. The molecule has 23 heavy (non-hydrogen) atoms. The number of hydrogen-bond acceptors (Lipinski definition) is 3. The standard InChI is InChI=1S/C17H25N3O3/c1-19(2)17(22)23-15-10-6-5-9-14(15)18-16(21)13-20(3)11-7-4-8-12-20/h5-6,9-10H,4,7-8,11-13H2,1-3H3/p+1. The summed E-state index contributed by atoms with van der Waals surface area (Å²) in [6.07, 6.45) is 3.11. The molecular formula is C17H26N3O3+. The maximum Gasteiger partial charge on any atom is 0.414 e. The molecule has 0 spiro atoms. The van der Waals surface area contributed by atoms with Crippen molar-refractivity contribution in [1.82, 2.24) is 4.90 Å². The summed E-state index contributed by atoms with van der Waals surface area (Å²) in [5.74, 6) is 0.309. The maximum absolute atomic E-state index is 12.4. The van der Waals surface area contributed by atoms with Gasteiger partial charge in [0.25, 0.3) is 5.91 Å². The smallest absolute Gasteiger partial charge is 0.408 e. The second kappa shape index (κ2) is 7.46. The predicted molar refractivity (Wildman–Crippen MR) is 89.4 cm³/mol. The second-order valence-electron chi connectivity index (χ2n) is 6.59. The van der Waals surface area contributed by atoms with Crippen molar-refractivity contribution in [2.24, 2.45) is 0 Å². The van der Waals surface area contributed by atoms with Gasteiger partial charge < -0.3 is 19.4 Å². The molecule has 2 rings (SSSR count). The summed E-state index contributed by atoms with van der Waals surface area (Å²) < 4.78 is 6.06. The lowest BCUT2D eigenvalue weighted by Gasteiger charge is -2.37. The SMILES string of the molecule is CN(C)C(=O)Oc1ccccc1NC(=O)C[N+]1(C)CCCCC1. The summed E-state index contributed by atoms with van der Waals surface area (Å²) in [4.78, 5) is 25.4. The summed E-state index contributed by atoms with van der Waals surface area (Å²) in [6.45, 7) is 2.51. The lowest BCUT2D eigenvalue weighted by molar-refractivity contribution is -0.906. The molecule has 0 radical (unpaired) electrons. The highest BCUT2D eigenvalue weighted by atomic mass is 16.6. The normalized spacial score (nSPS) is 16.5. The molecule has 0 saturated carbocycles.